The summed E-state index contributed by atoms with van der Waals surface area (Å²) in [6, 6.07) is 5.95. The molecule has 0 saturated carbocycles. The summed E-state index contributed by atoms with van der Waals surface area (Å²) in [4.78, 5) is 12.0. The molecule has 1 aliphatic rings. The minimum atomic E-state index is 0.0632. The summed E-state index contributed by atoms with van der Waals surface area (Å²) in [7, 11) is 1.64. The molecule has 4 nitrogen and oxygen atoms in total. The highest BCUT2D eigenvalue weighted by molar-refractivity contribution is 7.99. The van der Waals surface area contributed by atoms with Gasteiger partial charge in [-0.3, -0.25) is 4.79 Å². The first-order valence-electron chi connectivity index (χ1n) is 6.44. The van der Waals surface area contributed by atoms with Crippen LogP contribution in [0.1, 0.15) is 12.0 Å². The number of anilines is 1. The zero-order chi connectivity index (χ0) is 13.7. The molecule has 0 bridgehead atoms. The number of benzene rings is 1. The average molecular weight is 280 g/mol. The molecule has 19 heavy (non-hydrogen) atoms. The van der Waals surface area contributed by atoms with Gasteiger partial charge in [0.2, 0.25) is 5.91 Å². The molecule has 1 heterocycles. The van der Waals surface area contributed by atoms with Gasteiger partial charge >= 0.3 is 0 Å². The molecule has 2 N–H and O–H groups in total. The minimum absolute atomic E-state index is 0.0632. The summed E-state index contributed by atoms with van der Waals surface area (Å²) in [5.41, 5.74) is 1.87. The van der Waals surface area contributed by atoms with Crippen molar-refractivity contribution in [2.75, 3.05) is 30.5 Å². The van der Waals surface area contributed by atoms with Gasteiger partial charge in [-0.15, -0.1) is 0 Å². The van der Waals surface area contributed by atoms with Gasteiger partial charge in [-0.1, -0.05) is 0 Å². The topological polar surface area (TPSA) is 50.4 Å². The molecule has 104 valence electrons. The van der Waals surface area contributed by atoms with Gasteiger partial charge in [-0.25, -0.2) is 0 Å². The Hall–Kier alpha value is -1.20. The second kappa shape index (κ2) is 6.82. The first-order valence-corrected chi connectivity index (χ1v) is 7.60. The normalized spacial score (nSPS) is 18.9. The summed E-state index contributed by atoms with van der Waals surface area (Å²) in [5.74, 6) is 3.01. The Balaban J connectivity index is 1.91. The summed E-state index contributed by atoms with van der Waals surface area (Å²) >= 11 is 1.90. The second-order valence-electron chi connectivity index (χ2n) is 4.66. The van der Waals surface area contributed by atoms with Crippen molar-refractivity contribution < 1.29 is 9.53 Å². The lowest BCUT2D eigenvalue weighted by atomic mass is 10.1. The van der Waals surface area contributed by atoms with Crippen LogP contribution in [0.2, 0.25) is 0 Å². The van der Waals surface area contributed by atoms with Crippen molar-refractivity contribution >= 4 is 23.4 Å². The van der Waals surface area contributed by atoms with E-state index >= 15 is 0 Å². The Morgan fingerprint density at radius 1 is 1.58 bits per heavy atom. The van der Waals surface area contributed by atoms with E-state index in [9.17, 15) is 4.79 Å². The van der Waals surface area contributed by atoms with E-state index in [1.165, 1.54) is 0 Å². The van der Waals surface area contributed by atoms with Crippen molar-refractivity contribution in [1.29, 1.82) is 0 Å². The summed E-state index contributed by atoms with van der Waals surface area (Å²) in [5, 5.41) is 6.33. The zero-order valence-corrected chi connectivity index (χ0v) is 12.2. The van der Waals surface area contributed by atoms with Crippen molar-refractivity contribution in [2.24, 2.45) is 0 Å². The van der Waals surface area contributed by atoms with Gasteiger partial charge in [0.1, 0.15) is 5.75 Å². The number of carbonyl (C=O) groups is 1. The van der Waals surface area contributed by atoms with E-state index in [4.69, 9.17) is 4.74 Å². The van der Waals surface area contributed by atoms with E-state index in [2.05, 4.69) is 10.6 Å². The molecule has 1 aromatic carbocycles. The van der Waals surface area contributed by atoms with Gasteiger partial charge in [0.15, 0.2) is 0 Å². The number of carbonyl (C=O) groups excluding carboxylic acids is 1. The number of hydrogen-bond donors (Lipinski definition) is 2. The number of ether oxygens (including phenoxy) is 1. The molecule has 1 amide bonds. The fraction of sp³-hybridized carbons (Fsp3) is 0.500. The molecule has 0 aromatic heterocycles. The van der Waals surface area contributed by atoms with Crippen LogP contribution in [0.5, 0.6) is 5.75 Å². The molecule has 1 unspecified atom stereocenters. The Bertz CT molecular complexity index is 445. The van der Waals surface area contributed by atoms with Crippen LogP contribution < -0.4 is 15.4 Å². The molecule has 2 rings (SSSR count). The van der Waals surface area contributed by atoms with Gasteiger partial charge in [0.25, 0.3) is 0 Å². The third kappa shape index (κ3) is 4.14. The number of methoxy groups -OCH3 is 1. The molecule has 1 aromatic rings. The summed E-state index contributed by atoms with van der Waals surface area (Å²) in [6.07, 6.45) is 0.526. The maximum atomic E-state index is 12.0. The van der Waals surface area contributed by atoms with Gasteiger partial charge in [-0.05, 0) is 30.7 Å². The molecule has 1 atom stereocenters. The molecular weight excluding hydrogens is 260 g/mol. The number of amides is 1. The third-order valence-electron chi connectivity index (χ3n) is 3.14. The maximum absolute atomic E-state index is 12.0. The highest BCUT2D eigenvalue weighted by Crippen LogP contribution is 2.21. The Morgan fingerprint density at radius 3 is 3.05 bits per heavy atom. The van der Waals surface area contributed by atoms with Crippen LogP contribution in [0.3, 0.4) is 0 Å². The van der Waals surface area contributed by atoms with E-state index in [1.54, 1.807) is 7.11 Å². The van der Waals surface area contributed by atoms with Crippen LogP contribution >= 0.6 is 11.8 Å². The van der Waals surface area contributed by atoms with E-state index in [-0.39, 0.29) is 11.9 Å². The van der Waals surface area contributed by atoms with Gasteiger partial charge in [-0.2, -0.15) is 11.8 Å². The molecule has 0 aliphatic carbocycles. The molecular formula is C14H20N2O2S. The lowest BCUT2D eigenvalue weighted by Gasteiger charge is -2.22. The number of rotatable bonds is 4. The lowest BCUT2D eigenvalue weighted by Crippen LogP contribution is -2.39. The van der Waals surface area contributed by atoms with Crippen LogP contribution in [0, 0.1) is 6.92 Å². The fourth-order valence-corrected chi connectivity index (χ4v) is 3.03. The minimum Gasteiger partial charge on any atom is -0.497 e. The first-order chi connectivity index (χ1) is 9.19. The summed E-state index contributed by atoms with van der Waals surface area (Å²) in [6.45, 7) is 2.96. The first kappa shape index (κ1) is 14.2. The Labute approximate surface area is 118 Å². The van der Waals surface area contributed by atoms with Crippen molar-refractivity contribution in [3.63, 3.8) is 0 Å². The number of nitrogens with one attached hydrogen (secondary N) is 2. The molecule has 1 saturated heterocycles. The Kier molecular flexibility index (Phi) is 5.10. The standard InChI is InChI=1S/C14H20N2O2S/c1-10-7-12(18-2)3-4-13(10)16-14(17)8-11-9-19-6-5-15-11/h3-4,7,11,15H,5-6,8-9H2,1-2H3,(H,16,17). The maximum Gasteiger partial charge on any atom is 0.225 e. The van der Waals surface area contributed by atoms with Gasteiger partial charge in [0.05, 0.1) is 7.11 Å². The van der Waals surface area contributed by atoms with Crippen LogP contribution in [-0.4, -0.2) is 37.1 Å². The van der Waals surface area contributed by atoms with Crippen molar-refractivity contribution in [2.45, 2.75) is 19.4 Å². The van der Waals surface area contributed by atoms with Crippen molar-refractivity contribution in [3.8, 4) is 5.75 Å². The predicted molar refractivity (Wildman–Crippen MR) is 80.1 cm³/mol. The van der Waals surface area contributed by atoms with Crippen molar-refractivity contribution in [1.82, 2.24) is 5.32 Å². The van der Waals surface area contributed by atoms with Gasteiger partial charge < -0.3 is 15.4 Å². The number of aryl methyl sites for hydroxylation is 1. The van der Waals surface area contributed by atoms with Crippen LogP contribution in [-0.2, 0) is 4.79 Å². The van der Waals surface area contributed by atoms with Crippen molar-refractivity contribution in [3.05, 3.63) is 23.8 Å². The fourth-order valence-electron chi connectivity index (χ4n) is 2.08. The molecule has 5 heteroatoms. The second-order valence-corrected chi connectivity index (χ2v) is 5.81. The lowest BCUT2D eigenvalue weighted by molar-refractivity contribution is -0.116. The zero-order valence-electron chi connectivity index (χ0n) is 11.4. The van der Waals surface area contributed by atoms with Crippen LogP contribution in [0.4, 0.5) is 5.69 Å². The predicted octanol–water partition coefficient (Wildman–Crippen LogP) is 2.04. The number of hydrogen-bond acceptors (Lipinski definition) is 4. The third-order valence-corrected chi connectivity index (χ3v) is 4.27. The SMILES string of the molecule is COc1ccc(NC(=O)CC2CSCCN2)c(C)c1. The highest BCUT2D eigenvalue weighted by Gasteiger charge is 2.17. The largest absolute Gasteiger partial charge is 0.497 e. The van der Waals surface area contributed by atoms with E-state index in [0.29, 0.717) is 6.42 Å². The van der Waals surface area contributed by atoms with Crippen LogP contribution in [0.15, 0.2) is 18.2 Å². The Morgan fingerprint density at radius 2 is 2.42 bits per heavy atom. The van der Waals surface area contributed by atoms with E-state index in [0.717, 1.165) is 35.1 Å². The number of thioether (sulfide) groups is 1. The van der Waals surface area contributed by atoms with E-state index in [1.807, 2.05) is 36.9 Å². The van der Waals surface area contributed by atoms with E-state index < -0.39 is 0 Å². The molecule has 0 radical (unpaired) electrons. The smallest absolute Gasteiger partial charge is 0.225 e. The summed E-state index contributed by atoms with van der Waals surface area (Å²) < 4.78 is 5.15. The molecule has 1 aliphatic heterocycles. The quantitative estimate of drug-likeness (QED) is 0.886. The van der Waals surface area contributed by atoms with Gasteiger partial charge in [0, 0.05) is 36.2 Å². The molecule has 0 spiro atoms. The average Bonchev–Trinajstić information content (AvgIpc) is 2.42. The monoisotopic (exact) mass is 280 g/mol. The van der Waals surface area contributed by atoms with Crippen LogP contribution in [0.25, 0.3) is 0 Å². The highest BCUT2D eigenvalue weighted by atomic mass is 32.2. The molecule has 1 fully saturated rings.